The van der Waals surface area contributed by atoms with Crippen LogP contribution in [0, 0.1) is 5.92 Å². The van der Waals surface area contributed by atoms with Crippen LogP contribution in [0.1, 0.15) is 33.1 Å². The van der Waals surface area contributed by atoms with Crippen LogP contribution in [0.4, 0.5) is 0 Å². The minimum atomic E-state index is -0.580. The van der Waals surface area contributed by atoms with Crippen LogP contribution in [-0.2, 0) is 4.79 Å². The molecule has 0 heterocycles. The molecule has 102 valence electrons. The summed E-state index contributed by atoms with van der Waals surface area (Å²) in [7, 11) is 1.77. The number of nitrogens with one attached hydrogen (secondary N) is 1. The van der Waals surface area contributed by atoms with Crippen molar-refractivity contribution in [3.63, 3.8) is 0 Å². The number of carbonyl (C=O) groups excluding carboxylic acids is 1. The normalized spacial score (nSPS) is 16.5. The number of thioether (sulfide) groups is 1. The Morgan fingerprint density at radius 3 is 2.65 bits per heavy atom. The molecular weight excluding hydrogens is 236 g/mol. The van der Waals surface area contributed by atoms with Crippen LogP contribution in [0.5, 0.6) is 0 Å². The van der Waals surface area contributed by atoms with E-state index in [1.54, 1.807) is 7.05 Å². The van der Waals surface area contributed by atoms with E-state index >= 15 is 0 Å². The van der Waals surface area contributed by atoms with Gasteiger partial charge < -0.3 is 16.2 Å². The second-order valence-electron chi connectivity index (χ2n) is 4.77. The predicted molar refractivity (Wildman–Crippen MR) is 74.1 cm³/mol. The lowest BCUT2D eigenvalue weighted by atomic mass is 9.94. The third-order valence-electron chi connectivity index (χ3n) is 3.03. The van der Waals surface area contributed by atoms with E-state index in [-0.39, 0.29) is 12.5 Å². The maximum Gasteiger partial charge on any atom is 0.237 e. The summed E-state index contributed by atoms with van der Waals surface area (Å²) in [5.74, 6) is 2.15. The summed E-state index contributed by atoms with van der Waals surface area (Å²) in [6.45, 7) is 4.14. The summed E-state index contributed by atoms with van der Waals surface area (Å²) < 4.78 is 0. The topological polar surface area (TPSA) is 75.3 Å². The van der Waals surface area contributed by atoms with Gasteiger partial charge >= 0.3 is 0 Å². The maximum atomic E-state index is 11.2. The second-order valence-corrected chi connectivity index (χ2v) is 5.92. The number of hydrogen-bond acceptors (Lipinski definition) is 4. The van der Waals surface area contributed by atoms with E-state index in [9.17, 15) is 4.79 Å². The number of nitrogens with two attached hydrogens (primary N) is 1. The van der Waals surface area contributed by atoms with E-state index in [0.717, 1.165) is 30.8 Å². The first-order chi connectivity index (χ1) is 7.96. The van der Waals surface area contributed by atoms with Crippen LogP contribution in [0.15, 0.2) is 0 Å². The highest BCUT2D eigenvalue weighted by Crippen LogP contribution is 2.16. The fraction of sp³-hybridized carbons (Fsp3) is 0.917. The van der Waals surface area contributed by atoms with Gasteiger partial charge in [-0.25, -0.2) is 0 Å². The summed E-state index contributed by atoms with van der Waals surface area (Å²) in [4.78, 5) is 11.2. The average molecular weight is 262 g/mol. The molecule has 0 rings (SSSR count). The Kier molecular flexibility index (Phi) is 8.64. The zero-order chi connectivity index (χ0) is 13.3. The van der Waals surface area contributed by atoms with E-state index in [1.807, 2.05) is 25.6 Å². The Morgan fingerprint density at radius 2 is 2.18 bits per heavy atom. The van der Waals surface area contributed by atoms with Crippen molar-refractivity contribution in [2.75, 3.05) is 25.2 Å². The maximum absolute atomic E-state index is 11.2. The summed E-state index contributed by atoms with van der Waals surface area (Å²) in [5.41, 5.74) is 4.77. The molecule has 0 radical (unpaired) electrons. The highest BCUT2D eigenvalue weighted by atomic mass is 32.2. The molecule has 0 bridgehead atoms. The van der Waals surface area contributed by atoms with Gasteiger partial charge in [-0.1, -0.05) is 13.3 Å². The molecule has 0 aliphatic heterocycles. The van der Waals surface area contributed by atoms with Gasteiger partial charge in [-0.05, 0) is 44.2 Å². The van der Waals surface area contributed by atoms with E-state index < -0.39 is 5.54 Å². The minimum Gasteiger partial charge on any atom is -0.396 e. The Morgan fingerprint density at radius 1 is 1.53 bits per heavy atom. The van der Waals surface area contributed by atoms with Crippen LogP contribution >= 0.6 is 11.8 Å². The molecule has 4 N–H and O–H groups in total. The number of rotatable bonds is 10. The average Bonchev–Trinajstić information content (AvgIpc) is 2.32. The predicted octanol–water partition coefficient (Wildman–Crippen LogP) is 0.982. The quantitative estimate of drug-likeness (QED) is 0.513. The molecule has 5 heteroatoms. The molecular formula is C12H26N2O2S. The van der Waals surface area contributed by atoms with Crippen molar-refractivity contribution in [1.82, 2.24) is 5.32 Å². The summed E-state index contributed by atoms with van der Waals surface area (Å²) in [6, 6.07) is 0. The molecule has 2 unspecified atom stereocenters. The van der Waals surface area contributed by atoms with Gasteiger partial charge in [0.1, 0.15) is 0 Å². The Hall–Kier alpha value is -0.260. The van der Waals surface area contributed by atoms with Gasteiger partial charge in [0.05, 0.1) is 5.54 Å². The van der Waals surface area contributed by atoms with Crippen LogP contribution in [0.25, 0.3) is 0 Å². The molecule has 0 aliphatic carbocycles. The molecule has 17 heavy (non-hydrogen) atoms. The van der Waals surface area contributed by atoms with Crippen LogP contribution in [-0.4, -0.2) is 41.7 Å². The van der Waals surface area contributed by atoms with Crippen molar-refractivity contribution in [3.8, 4) is 0 Å². The lowest BCUT2D eigenvalue weighted by Gasteiger charge is -2.25. The molecule has 0 aromatic carbocycles. The largest absolute Gasteiger partial charge is 0.396 e. The van der Waals surface area contributed by atoms with Gasteiger partial charge in [-0.3, -0.25) is 4.79 Å². The van der Waals surface area contributed by atoms with Gasteiger partial charge in [0.25, 0.3) is 0 Å². The lowest BCUT2D eigenvalue weighted by molar-refractivity contribution is -0.123. The van der Waals surface area contributed by atoms with E-state index in [1.165, 1.54) is 0 Å². The highest BCUT2D eigenvalue weighted by molar-refractivity contribution is 7.99. The number of likely N-dealkylation sites (N-methyl/N-ethyl adjacent to an activating group) is 1. The molecule has 2 atom stereocenters. The number of aliphatic hydroxyl groups is 1. The van der Waals surface area contributed by atoms with E-state index in [0.29, 0.717) is 5.92 Å². The van der Waals surface area contributed by atoms with Crippen LogP contribution < -0.4 is 11.1 Å². The summed E-state index contributed by atoms with van der Waals surface area (Å²) >= 11 is 1.86. The Bertz CT molecular complexity index is 227. The highest BCUT2D eigenvalue weighted by Gasteiger charge is 2.27. The fourth-order valence-corrected chi connectivity index (χ4v) is 2.47. The van der Waals surface area contributed by atoms with E-state index in [4.69, 9.17) is 10.8 Å². The van der Waals surface area contributed by atoms with Gasteiger partial charge in [0.15, 0.2) is 0 Å². The molecule has 1 amide bonds. The Labute approximate surface area is 109 Å². The number of unbranched alkanes of at least 4 members (excludes halogenated alkanes) is 1. The van der Waals surface area contributed by atoms with Crippen molar-refractivity contribution in [1.29, 1.82) is 0 Å². The zero-order valence-corrected chi connectivity index (χ0v) is 12.0. The van der Waals surface area contributed by atoms with E-state index in [2.05, 4.69) is 5.32 Å². The molecule has 0 fully saturated rings. The fourth-order valence-electron chi connectivity index (χ4n) is 1.39. The first kappa shape index (κ1) is 16.7. The molecule has 0 aromatic rings. The number of primary amides is 1. The van der Waals surface area contributed by atoms with Crippen molar-refractivity contribution in [2.45, 2.75) is 38.6 Å². The number of aliphatic hydroxyl groups excluding tert-OH is 1. The van der Waals surface area contributed by atoms with Gasteiger partial charge in [-0.2, -0.15) is 11.8 Å². The van der Waals surface area contributed by atoms with Crippen LogP contribution in [0.3, 0.4) is 0 Å². The molecule has 0 spiro atoms. The molecule has 0 aromatic heterocycles. The number of carbonyl (C=O) groups is 1. The summed E-state index contributed by atoms with van der Waals surface area (Å²) in [5, 5.41) is 11.8. The first-order valence-electron chi connectivity index (χ1n) is 6.13. The van der Waals surface area contributed by atoms with Crippen molar-refractivity contribution >= 4 is 17.7 Å². The third kappa shape index (κ3) is 6.91. The molecule has 0 saturated heterocycles. The summed E-state index contributed by atoms with van der Waals surface area (Å²) in [6.07, 6.45) is 2.84. The number of amides is 1. The monoisotopic (exact) mass is 262 g/mol. The lowest BCUT2D eigenvalue weighted by Crippen LogP contribution is -2.51. The van der Waals surface area contributed by atoms with Gasteiger partial charge in [0, 0.05) is 6.61 Å². The zero-order valence-electron chi connectivity index (χ0n) is 11.2. The standard InChI is InChI=1S/C12H26N2O2S/c1-10(8-15)9-17-7-5-4-6-12(2,14-3)11(13)16/h10,14-15H,4-9H2,1-3H3,(H2,13,16). The SMILES string of the molecule is CNC(C)(CCCCSCC(C)CO)C(N)=O. The van der Waals surface area contributed by atoms with Crippen molar-refractivity contribution in [3.05, 3.63) is 0 Å². The molecule has 4 nitrogen and oxygen atoms in total. The Balaban J connectivity index is 3.60. The van der Waals surface area contributed by atoms with Crippen molar-refractivity contribution in [2.24, 2.45) is 11.7 Å². The van der Waals surface area contributed by atoms with Crippen molar-refractivity contribution < 1.29 is 9.90 Å². The molecule has 0 aliphatic rings. The first-order valence-corrected chi connectivity index (χ1v) is 7.29. The molecule has 0 saturated carbocycles. The third-order valence-corrected chi connectivity index (χ3v) is 4.41. The van der Waals surface area contributed by atoms with Gasteiger partial charge in [-0.15, -0.1) is 0 Å². The number of hydrogen-bond donors (Lipinski definition) is 3. The van der Waals surface area contributed by atoms with Gasteiger partial charge in [0.2, 0.25) is 5.91 Å². The smallest absolute Gasteiger partial charge is 0.237 e. The minimum absolute atomic E-state index is 0.256. The van der Waals surface area contributed by atoms with Crippen LogP contribution in [0.2, 0.25) is 0 Å². The second kappa shape index (κ2) is 8.78.